The minimum atomic E-state index is -1.28. The average molecular weight is 385 g/mol. The molecule has 0 aliphatic rings. The Balaban J connectivity index is 2.44. The summed E-state index contributed by atoms with van der Waals surface area (Å²) in [5.41, 5.74) is 0.0616. The highest BCUT2D eigenvalue weighted by Crippen LogP contribution is 2.25. The lowest BCUT2D eigenvalue weighted by atomic mass is 10.2. The molecule has 1 aromatic carbocycles. The van der Waals surface area contributed by atoms with Crippen molar-refractivity contribution in [1.29, 1.82) is 0 Å². The minimum absolute atomic E-state index is 0.0622. The predicted molar refractivity (Wildman–Crippen MR) is 80.3 cm³/mol. The van der Waals surface area contributed by atoms with Crippen molar-refractivity contribution >= 4 is 45.8 Å². The molecule has 2 aromatic rings. The van der Waals surface area contributed by atoms with Gasteiger partial charge in [0, 0.05) is 9.64 Å². The fraction of sp³-hybridized carbons (Fsp3) is 0. The maximum absolute atomic E-state index is 11.2. The number of nitrogens with one attached hydrogen (secondary N) is 1. The van der Waals surface area contributed by atoms with Crippen LogP contribution >= 0.6 is 22.6 Å². The van der Waals surface area contributed by atoms with E-state index in [2.05, 4.69) is 32.9 Å². The SMILES string of the molecule is O=C(O)c1cc([N+](=O)[O-])cnc1Nc1ccccc1I. The molecule has 20 heavy (non-hydrogen) atoms. The lowest BCUT2D eigenvalue weighted by molar-refractivity contribution is -0.385. The van der Waals surface area contributed by atoms with Crippen molar-refractivity contribution in [2.75, 3.05) is 5.32 Å². The summed E-state index contributed by atoms with van der Waals surface area (Å²) in [6.45, 7) is 0. The zero-order valence-electron chi connectivity index (χ0n) is 9.91. The van der Waals surface area contributed by atoms with Crippen LogP contribution < -0.4 is 5.32 Å². The number of carboxylic acid groups (broad SMARTS) is 1. The van der Waals surface area contributed by atoms with Gasteiger partial charge in [-0.25, -0.2) is 9.78 Å². The summed E-state index contributed by atoms with van der Waals surface area (Å²) in [4.78, 5) is 25.0. The van der Waals surface area contributed by atoms with Gasteiger partial charge in [0.05, 0.1) is 10.6 Å². The Hall–Kier alpha value is -2.23. The quantitative estimate of drug-likeness (QED) is 0.476. The van der Waals surface area contributed by atoms with Crippen molar-refractivity contribution < 1.29 is 14.8 Å². The second-order valence-corrected chi connectivity index (χ2v) is 4.92. The number of carbonyl (C=O) groups is 1. The molecule has 1 heterocycles. The summed E-state index contributed by atoms with van der Waals surface area (Å²) in [5, 5.41) is 22.6. The van der Waals surface area contributed by atoms with Gasteiger partial charge in [-0.05, 0) is 34.7 Å². The summed E-state index contributed by atoms with van der Waals surface area (Å²) in [7, 11) is 0. The van der Waals surface area contributed by atoms with Gasteiger partial charge in [0.1, 0.15) is 17.6 Å². The Morgan fingerprint density at radius 1 is 1.40 bits per heavy atom. The number of aromatic carboxylic acids is 1. The van der Waals surface area contributed by atoms with Crippen LogP contribution in [0.25, 0.3) is 0 Å². The summed E-state index contributed by atoms with van der Waals surface area (Å²) >= 11 is 2.09. The number of hydrogen-bond acceptors (Lipinski definition) is 5. The average Bonchev–Trinajstić information content (AvgIpc) is 2.41. The molecule has 0 aliphatic heterocycles. The van der Waals surface area contributed by atoms with E-state index in [0.717, 1.165) is 15.8 Å². The van der Waals surface area contributed by atoms with Gasteiger partial charge < -0.3 is 10.4 Å². The van der Waals surface area contributed by atoms with Crippen molar-refractivity contribution in [1.82, 2.24) is 4.98 Å². The molecule has 102 valence electrons. The van der Waals surface area contributed by atoms with Crippen molar-refractivity contribution in [3.63, 3.8) is 0 Å². The smallest absolute Gasteiger partial charge is 0.339 e. The normalized spacial score (nSPS) is 10.1. The van der Waals surface area contributed by atoms with Gasteiger partial charge in [-0.15, -0.1) is 0 Å². The molecule has 1 aromatic heterocycles. The molecule has 0 atom stereocenters. The van der Waals surface area contributed by atoms with Crippen molar-refractivity contribution in [3.05, 3.63) is 55.8 Å². The van der Waals surface area contributed by atoms with E-state index in [1.807, 2.05) is 12.1 Å². The van der Waals surface area contributed by atoms with Crippen LogP contribution in [0, 0.1) is 13.7 Å². The number of nitro groups is 1. The number of rotatable bonds is 4. The van der Waals surface area contributed by atoms with Gasteiger partial charge >= 0.3 is 5.97 Å². The van der Waals surface area contributed by atoms with Gasteiger partial charge in [0.15, 0.2) is 0 Å². The van der Waals surface area contributed by atoms with E-state index in [1.165, 1.54) is 0 Å². The fourth-order valence-corrected chi connectivity index (χ4v) is 2.03. The van der Waals surface area contributed by atoms with Crippen LogP contribution in [0.2, 0.25) is 0 Å². The number of benzene rings is 1. The van der Waals surface area contributed by atoms with Crippen LogP contribution in [0.5, 0.6) is 0 Å². The minimum Gasteiger partial charge on any atom is -0.478 e. The summed E-state index contributed by atoms with van der Waals surface area (Å²) in [6, 6.07) is 8.21. The second-order valence-electron chi connectivity index (χ2n) is 3.76. The third-order valence-corrected chi connectivity index (χ3v) is 3.38. The van der Waals surface area contributed by atoms with E-state index in [-0.39, 0.29) is 17.1 Å². The maximum atomic E-state index is 11.2. The third kappa shape index (κ3) is 3.02. The fourth-order valence-electron chi connectivity index (χ4n) is 1.51. The molecule has 2 N–H and O–H groups in total. The number of aromatic nitrogens is 1. The topological polar surface area (TPSA) is 105 Å². The van der Waals surface area contributed by atoms with E-state index in [1.54, 1.807) is 12.1 Å². The van der Waals surface area contributed by atoms with Gasteiger partial charge in [0.2, 0.25) is 0 Å². The number of anilines is 2. The lowest BCUT2D eigenvalue weighted by Gasteiger charge is -2.09. The number of para-hydroxylation sites is 1. The second kappa shape index (κ2) is 5.82. The lowest BCUT2D eigenvalue weighted by Crippen LogP contribution is -2.06. The molecule has 0 bridgehead atoms. The first-order chi connectivity index (χ1) is 9.49. The molecule has 0 amide bonds. The molecule has 7 nitrogen and oxygen atoms in total. The Morgan fingerprint density at radius 3 is 2.70 bits per heavy atom. The van der Waals surface area contributed by atoms with Gasteiger partial charge in [-0.2, -0.15) is 0 Å². The largest absolute Gasteiger partial charge is 0.478 e. The highest BCUT2D eigenvalue weighted by atomic mass is 127. The first-order valence-electron chi connectivity index (χ1n) is 5.38. The van der Waals surface area contributed by atoms with Gasteiger partial charge in [0.25, 0.3) is 5.69 Å². The van der Waals surface area contributed by atoms with Crippen LogP contribution in [-0.2, 0) is 0 Å². The molecule has 8 heteroatoms. The number of nitrogens with zero attached hydrogens (tertiary/aromatic N) is 2. The molecule has 0 fully saturated rings. The van der Waals surface area contributed by atoms with Crippen LogP contribution in [0.15, 0.2) is 36.5 Å². The first kappa shape index (κ1) is 14.2. The first-order valence-corrected chi connectivity index (χ1v) is 6.46. The van der Waals surface area contributed by atoms with Crippen LogP contribution in [0.3, 0.4) is 0 Å². The third-order valence-electron chi connectivity index (χ3n) is 2.44. The van der Waals surface area contributed by atoms with E-state index >= 15 is 0 Å². The van der Waals surface area contributed by atoms with Gasteiger partial charge in [-0.3, -0.25) is 10.1 Å². The molecular formula is C12H8IN3O4. The predicted octanol–water partition coefficient (Wildman–Crippen LogP) is 3.04. The highest BCUT2D eigenvalue weighted by Gasteiger charge is 2.18. The Labute approximate surface area is 126 Å². The standard InChI is InChI=1S/C12H8IN3O4/c13-9-3-1-2-4-10(9)15-11-8(12(17)18)5-7(6-14-11)16(19)20/h1-6H,(H,14,15)(H,17,18). The van der Waals surface area contributed by atoms with Crippen LogP contribution in [0.4, 0.5) is 17.2 Å². The molecule has 0 radical (unpaired) electrons. The summed E-state index contributed by atoms with van der Waals surface area (Å²) in [6.07, 6.45) is 1.02. The van der Waals surface area contributed by atoms with Crippen LogP contribution in [0.1, 0.15) is 10.4 Å². The Bertz CT molecular complexity index is 690. The van der Waals surface area contributed by atoms with Crippen molar-refractivity contribution in [3.8, 4) is 0 Å². The molecule has 2 rings (SSSR count). The summed E-state index contributed by atoms with van der Waals surface area (Å²) in [5.74, 6) is -1.22. The Morgan fingerprint density at radius 2 is 2.10 bits per heavy atom. The monoisotopic (exact) mass is 385 g/mol. The molecule has 0 aliphatic carbocycles. The highest BCUT2D eigenvalue weighted by molar-refractivity contribution is 14.1. The van der Waals surface area contributed by atoms with E-state index < -0.39 is 10.9 Å². The number of hydrogen-bond donors (Lipinski definition) is 2. The molecule has 0 spiro atoms. The van der Waals surface area contributed by atoms with E-state index in [0.29, 0.717) is 5.69 Å². The van der Waals surface area contributed by atoms with Crippen LogP contribution in [-0.4, -0.2) is 21.0 Å². The van der Waals surface area contributed by atoms with Crippen molar-refractivity contribution in [2.45, 2.75) is 0 Å². The van der Waals surface area contributed by atoms with E-state index in [4.69, 9.17) is 5.11 Å². The molecule has 0 saturated carbocycles. The van der Waals surface area contributed by atoms with E-state index in [9.17, 15) is 14.9 Å². The molecule has 0 saturated heterocycles. The molecular weight excluding hydrogens is 377 g/mol. The number of halogens is 1. The number of carboxylic acids is 1. The maximum Gasteiger partial charge on any atom is 0.339 e. The zero-order valence-corrected chi connectivity index (χ0v) is 12.1. The number of pyridine rings is 1. The van der Waals surface area contributed by atoms with Crippen molar-refractivity contribution in [2.24, 2.45) is 0 Å². The summed E-state index contributed by atoms with van der Waals surface area (Å²) < 4.78 is 0.876. The molecule has 0 unspecified atom stereocenters. The zero-order chi connectivity index (χ0) is 14.7. The van der Waals surface area contributed by atoms with Gasteiger partial charge in [-0.1, -0.05) is 12.1 Å². The Kier molecular flexibility index (Phi) is 4.13.